The SMILES string of the molecule is CC(C)c1cccc(C(C)C)c1-n1cc(CCc2cn(-c3c(C(C)C)cccc3C(C)C)c(-c3ccccc3O)n2)nc1-c1[c-]cccc1.[Pt]. The second-order valence-electron chi connectivity index (χ2n) is 14.3. The molecule has 6 aromatic rings. The maximum Gasteiger partial charge on any atom is 0.148 e. The minimum Gasteiger partial charge on any atom is -0.507 e. The molecule has 0 unspecified atom stereocenters. The van der Waals surface area contributed by atoms with Crippen molar-refractivity contribution >= 4 is 0 Å². The Balaban J connectivity index is 0.00000486. The predicted molar refractivity (Wildman–Crippen MR) is 202 cm³/mol. The van der Waals surface area contributed by atoms with Crippen LogP contribution in [0.3, 0.4) is 0 Å². The molecule has 0 amide bonds. The van der Waals surface area contributed by atoms with Crippen molar-refractivity contribution in [1.29, 1.82) is 0 Å². The summed E-state index contributed by atoms with van der Waals surface area (Å²) in [5, 5.41) is 11.0. The van der Waals surface area contributed by atoms with Gasteiger partial charge in [-0.25, -0.2) is 4.98 Å². The molecule has 0 aliphatic carbocycles. The van der Waals surface area contributed by atoms with Crippen LogP contribution >= 0.6 is 0 Å². The smallest absolute Gasteiger partial charge is 0.148 e. The molecule has 1 N–H and O–H groups in total. The fourth-order valence-electron chi connectivity index (χ4n) is 6.85. The molecule has 4 aromatic carbocycles. The molecule has 0 atom stereocenters. The van der Waals surface area contributed by atoms with E-state index in [1.807, 2.05) is 30.3 Å². The molecule has 2 aromatic heterocycles. The van der Waals surface area contributed by atoms with E-state index in [2.05, 4.69) is 132 Å². The first-order valence-electron chi connectivity index (χ1n) is 17.7. The van der Waals surface area contributed by atoms with Gasteiger partial charge in [0.15, 0.2) is 0 Å². The Labute approximate surface area is 312 Å². The molecule has 0 spiro atoms. The average molecular weight is 845 g/mol. The van der Waals surface area contributed by atoms with Gasteiger partial charge >= 0.3 is 0 Å². The minimum absolute atomic E-state index is 0. The van der Waals surface area contributed by atoms with Gasteiger partial charge in [-0.2, -0.15) is 0 Å². The molecule has 0 bridgehead atoms. The van der Waals surface area contributed by atoms with E-state index in [1.165, 1.54) is 27.9 Å². The zero-order chi connectivity index (χ0) is 34.8. The molecule has 0 aliphatic heterocycles. The molecule has 0 fully saturated rings. The number of aromatic nitrogens is 4. The number of phenols is 1. The summed E-state index contributed by atoms with van der Waals surface area (Å²) in [6.45, 7) is 18.0. The van der Waals surface area contributed by atoms with E-state index in [-0.39, 0.29) is 26.8 Å². The van der Waals surface area contributed by atoms with Crippen LogP contribution in [0, 0.1) is 6.07 Å². The second kappa shape index (κ2) is 15.8. The molecule has 0 saturated carbocycles. The minimum atomic E-state index is 0. The van der Waals surface area contributed by atoms with Gasteiger partial charge in [0.2, 0.25) is 0 Å². The molecule has 50 heavy (non-hydrogen) atoms. The van der Waals surface area contributed by atoms with Gasteiger partial charge < -0.3 is 9.67 Å². The molecular formula is C44H49N4OPt-. The van der Waals surface area contributed by atoms with Crippen LogP contribution in [0.1, 0.15) is 113 Å². The topological polar surface area (TPSA) is 55.9 Å². The summed E-state index contributed by atoms with van der Waals surface area (Å²) in [6, 6.07) is 32.3. The van der Waals surface area contributed by atoms with Crippen LogP contribution in [0.15, 0.2) is 97.3 Å². The van der Waals surface area contributed by atoms with Crippen LogP contribution in [0.4, 0.5) is 0 Å². The Morgan fingerprint density at radius 3 is 1.44 bits per heavy atom. The molecular weight excluding hydrogens is 796 g/mol. The standard InChI is InChI=1S/C44H49N4O.Pt/c1-28(2)35-19-14-20-36(29(3)4)41(35)47-26-33(45-43(47)32-16-10-9-11-17-32)24-25-34-27-48(44(46-34)39-18-12-13-23-40(39)49)42-37(30(5)6)21-15-22-38(42)31(7)8;/h9-16,18-23,26-31,49H,24-25H2,1-8H3;/q-1;. The third kappa shape index (κ3) is 7.44. The van der Waals surface area contributed by atoms with Crippen LogP contribution in [0.25, 0.3) is 34.2 Å². The van der Waals surface area contributed by atoms with E-state index in [0.717, 1.165) is 39.9 Å². The Kier molecular flexibility index (Phi) is 11.7. The van der Waals surface area contributed by atoms with Crippen molar-refractivity contribution in [2.24, 2.45) is 0 Å². The Hall–Kier alpha value is -4.21. The number of hydrogen-bond acceptors (Lipinski definition) is 3. The van der Waals surface area contributed by atoms with Crippen molar-refractivity contribution in [3.63, 3.8) is 0 Å². The van der Waals surface area contributed by atoms with Gasteiger partial charge in [-0.1, -0.05) is 104 Å². The molecule has 0 aliphatic rings. The van der Waals surface area contributed by atoms with Gasteiger partial charge in [-0.3, -0.25) is 9.55 Å². The second-order valence-corrected chi connectivity index (χ2v) is 14.3. The van der Waals surface area contributed by atoms with Gasteiger partial charge in [0.1, 0.15) is 11.6 Å². The summed E-state index contributed by atoms with van der Waals surface area (Å²) >= 11 is 0. The van der Waals surface area contributed by atoms with Crippen LogP contribution in [0.2, 0.25) is 0 Å². The van der Waals surface area contributed by atoms with Crippen LogP contribution in [-0.4, -0.2) is 24.2 Å². The third-order valence-corrected chi connectivity index (χ3v) is 9.41. The Morgan fingerprint density at radius 2 is 1.00 bits per heavy atom. The maximum atomic E-state index is 11.0. The van der Waals surface area contributed by atoms with Gasteiger partial charge in [0.05, 0.1) is 22.8 Å². The van der Waals surface area contributed by atoms with Crippen molar-refractivity contribution in [2.45, 2.75) is 91.9 Å². The first-order chi connectivity index (χ1) is 23.5. The number of aromatic hydroxyl groups is 1. The fourth-order valence-corrected chi connectivity index (χ4v) is 6.85. The summed E-state index contributed by atoms with van der Waals surface area (Å²) in [5.41, 5.74) is 11.2. The third-order valence-electron chi connectivity index (χ3n) is 9.41. The predicted octanol–water partition coefficient (Wildman–Crippen LogP) is 11.2. The van der Waals surface area contributed by atoms with E-state index < -0.39 is 0 Å². The quantitative estimate of drug-likeness (QED) is 0.132. The molecule has 262 valence electrons. The number of imidazole rings is 2. The maximum absolute atomic E-state index is 11.0. The van der Waals surface area contributed by atoms with E-state index in [4.69, 9.17) is 9.97 Å². The molecule has 6 rings (SSSR count). The largest absolute Gasteiger partial charge is 0.507 e. The molecule has 0 radical (unpaired) electrons. The Bertz CT molecular complexity index is 2000. The first kappa shape index (κ1) is 37.1. The fraction of sp³-hybridized carbons (Fsp3) is 0.318. The van der Waals surface area contributed by atoms with E-state index >= 15 is 0 Å². The summed E-state index contributed by atoms with van der Waals surface area (Å²) in [7, 11) is 0. The van der Waals surface area contributed by atoms with Crippen molar-refractivity contribution in [2.75, 3.05) is 0 Å². The van der Waals surface area contributed by atoms with Crippen molar-refractivity contribution in [3.05, 3.63) is 137 Å². The molecule has 5 nitrogen and oxygen atoms in total. The monoisotopic (exact) mass is 844 g/mol. The number of phenolic OH excluding ortho intramolecular Hbond substituents is 1. The summed E-state index contributed by atoms with van der Waals surface area (Å²) in [6.07, 6.45) is 5.80. The number of aryl methyl sites for hydroxylation is 2. The van der Waals surface area contributed by atoms with E-state index in [9.17, 15) is 5.11 Å². The zero-order valence-corrected chi connectivity index (χ0v) is 32.8. The summed E-state index contributed by atoms with van der Waals surface area (Å²) in [5.74, 6) is 3.22. The number of rotatable bonds is 11. The summed E-state index contributed by atoms with van der Waals surface area (Å²) in [4.78, 5) is 10.5. The van der Waals surface area contributed by atoms with Crippen LogP contribution < -0.4 is 0 Å². The normalized spacial score (nSPS) is 11.6. The molecule has 0 saturated heterocycles. The molecule has 6 heteroatoms. The number of benzene rings is 4. The first-order valence-corrected chi connectivity index (χ1v) is 17.7. The molecule has 2 heterocycles. The van der Waals surface area contributed by atoms with E-state index in [1.54, 1.807) is 6.07 Å². The average Bonchev–Trinajstić information content (AvgIpc) is 3.71. The number of hydrogen-bond donors (Lipinski definition) is 1. The van der Waals surface area contributed by atoms with Gasteiger partial charge in [-0.05, 0) is 70.9 Å². The van der Waals surface area contributed by atoms with E-state index in [0.29, 0.717) is 36.5 Å². The van der Waals surface area contributed by atoms with Crippen molar-refractivity contribution < 1.29 is 26.2 Å². The number of nitrogens with zero attached hydrogens (tertiary/aromatic N) is 4. The van der Waals surface area contributed by atoms with Gasteiger partial charge in [0, 0.05) is 44.8 Å². The van der Waals surface area contributed by atoms with Crippen molar-refractivity contribution in [1.82, 2.24) is 19.1 Å². The van der Waals surface area contributed by atoms with Gasteiger partial charge in [-0.15, -0.1) is 35.9 Å². The summed E-state index contributed by atoms with van der Waals surface area (Å²) < 4.78 is 4.51. The zero-order valence-electron chi connectivity index (χ0n) is 30.5. The number of para-hydroxylation sites is 3. The van der Waals surface area contributed by atoms with Crippen LogP contribution in [0.5, 0.6) is 5.75 Å². The van der Waals surface area contributed by atoms with Gasteiger partial charge in [0.25, 0.3) is 0 Å². The van der Waals surface area contributed by atoms with Crippen molar-refractivity contribution in [3.8, 4) is 39.9 Å². The Morgan fingerprint density at radius 1 is 0.560 bits per heavy atom. The van der Waals surface area contributed by atoms with Crippen LogP contribution in [-0.2, 0) is 33.9 Å².